The van der Waals surface area contributed by atoms with Crippen LogP contribution in [0.2, 0.25) is 0 Å². The Labute approximate surface area is 206 Å². The molecule has 0 radical (unpaired) electrons. The van der Waals surface area contributed by atoms with Crippen molar-refractivity contribution in [2.45, 2.75) is 36.9 Å². The molecule has 3 aromatic rings. The number of alkyl halides is 13. The van der Waals surface area contributed by atoms with Gasteiger partial charge >= 0.3 is 42.8 Å². The van der Waals surface area contributed by atoms with Crippen molar-refractivity contribution in [1.29, 1.82) is 0 Å². The number of anilines is 1. The maximum atomic E-state index is 14.2. The van der Waals surface area contributed by atoms with E-state index in [0.29, 0.717) is 0 Å². The van der Waals surface area contributed by atoms with Gasteiger partial charge in [-0.2, -0.15) is 43.9 Å². The van der Waals surface area contributed by atoms with E-state index in [-0.39, 0.29) is 21.8 Å². The molecule has 0 saturated carbocycles. The van der Waals surface area contributed by atoms with Crippen LogP contribution in [0.15, 0.2) is 48.5 Å². The third kappa shape index (κ3) is 6.25. The van der Waals surface area contributed by atoms with Crippen molar-refractivity contribution in [3.05, 3.63) is 48.5 Å². The predicted molar refractivity (Wildman–Crippen MR) is 102 cm³/mol. The summed E-state index contributed by atoms with van der Waals surface area (Å²) in [6.45, 7) is 0. The average molecular weight is 588 g/mol. The fraction of sp³-hybridized carbons (Fsp3) is 0.300. The second kappa shape index (κ2) is 9.63. The number of carbonyl (C=O) groups is 1. The fourth-order valence-electron chi connectivity index (χ4n) is 2.91. The topological polar surface area (TPSA) is 69.7 Å². The fourth-order valence-corrected chi connectivity index (χ4v) is 2.91. The summed E-state index contributed by atoms with van der Waals surface area (Å²) in [6, 6.07) is 10.7. The molecule has 1 N–H and O–H groups in total. The summed E-state index contributed by atoms with van der Waals surface area (Å²) >= 11 is 0. The van der Waals surface area contributed by atoms with Crippen LogP contribution in [-0.2, 0) is 19.0 Å². The Morgan fingerprint density at radius 2 is 0.974 bits per heavy atom. The van der Waals surface area contributed by atoms with Gasteiger partial charge in [-0.15, -0.1) is 13.2 Å². The number of amides is 1. The zero-order chi connectivity index (χ0) is 29.7. The van der Waals surface area contributed by atoms with Crippen LogP contribution in [0.4, 0.5) is 62.8 Å². The molecule has 0 unspecified atom stereocenters. The normalized spacial score (nSPS) is 14.2. The Hall–Kier alpha value is -3.45. The molecule has 0 atom stereocenters. The Morgan fingerprint density at radius 3 is 1.41 bits per heavy atom. The number of ether oxygens (including phenoxy) is 3. The van der Waals surface area contributed by atoms with E-state index in [0.717, 1.165) is 0 Å². The summed E-state index contributed by atoms with van der Waals surface area (Å²) < 4.78 is 177. The Kier molecular flexibility index (Phi) is 7.43. The number of nitrogens with one attached hydrogen (secondary N) is 1. The molecule has 1 aromatic heterocycles. The largest absolute Gasteiger partial charge is 0.527 e. The molecule has 0 fully saturated rings. The smallest absolute Gasteiger partial charge is 0.317 e. The molecule has 1 amide bonds. The van der Waals surface area contributed by atoms with Crippen LogP contribution < -0.4 is 5.32 Å². The number of rotatable bonds is 9. The molecule has 0 spiro atoms. The number of benzene rings is 2. The van der Waals surface area contributed by atoms with Gasteiger partial charge in [-0.1, -0.05) is 36.4 Å². The van der Waals surface area contributed by atoms with Crippen LogP contribution in [0.3, 0.4) is 0 Å². The van der Waals surface area contributed by atoms with Gasteiger partial charge in [0, 0.05) is 10.8 Å². The number of fused-ring (bicyclic) bond motifs is 2. The summed E-state index contributed by atoms with van der Waals surface area (Å²) in [5.74, 6) is -2.88. The first kappa shape index (κ1) is 30.1. The third-order valence-electron chi connectivity index (χ3n) is 4.52. The van der Waals surface area contributed by atoms with Gasteiger partial charge < -0.3 is 5.32 Å². The molecule has 6 nitrogen and oxygen atoms in total. The first-order valence-corrected chi connectivity index (χ1v) is 9.74. The van der Waals surface area contributed by atoms with Crippen molar-refractivity contribution in [2.75, 3.05) is 5.32 Å². The SMILES string of the molecule is O=C(Nc1c2ccccc2nc2ccccc12)C(F)(F)OC(F)(F)C(F)(F)OC(F)(F)C(F)(F)OC(F)(F)F. The van der Waals surface area contributed by atoms with Crippen molar-refractivity contribution in [3.63, 3.8) is 0 Å². The van der Waals surface area contributed by atoms with Crippen molar-refractivity contribution < 1.29 is 76.1 Å². The Balaban J connectivity index is 1.88. The average Bonchev–Trinajstić information content (AvgIpc) is 2.75. The maximum absolute atomic E-state index is 14.2. The molecule has 0 saturated heterocycles. The van der Waals surface area contributed by atoms with Crippen LogP contribution in [-0.4, -0.2) is 47.8 Å². The number of pyridine rings is 1. The van der Waals surface area contributed by atoms with E-state index in [4.69, 9.17) is 0 Å². The molecule has 214 valence electrons. The summed E-state index contributed by atoms with van der Waals surface area (Å²) in [4.78, 5) is 16.2. The quantitative estimate of drug-likeness (QED) is 0.219. The van der Waals surface area contributed by atoms with E-state index in [9.17, 15) is 61.9 Å². The molecule has 0 aliphatic heterocycles. The van der Waals surface area contributed by atoms with Gasteiger partial charge in [0.25, 0.3) is 0 Å². The lowest BCUT2D eigenvalue weighted by molar-refractivity contribution is -0.561. The monoisotopic (exact) mass is 588 g/mol. The number of hydrogen-bond acceptors (Lipinski definition) is 5. The predicted octanol–water partition coefficient (Wildman–Crippen LogP) is 6.86. The van der Waals surface area contributed by atoms with E-state index >= 15 is 0 Å². The van der Waals surface area contributed by atoms with Gasteiger partial charge in [-0.05, 0) is 12.1 Å². The van der Waals surface area contributed by atoms with Gasteiger partial charge in [0.1, 0.15) is 0 Å². The van der Waals surface area contributed by atoms with E-state index in [1.807, 2.05) is 0 Å². The van der Waals surface area contributed by atoms with Crippen molar-refractivity contribution in [3.8, 4) is 0 Å². The molecule has 0 aliphatic carbocycles. The first-order valence-electron chi connectivity index (χ1n) is 9.74. The van der Waals surface area contributed by atoms with E-state index in [1.54, 1.807) is 9.47 Å². The summed E-state index contributed by atoms with van der Waals surface area (Å²) in [7, 11) is 0. The minimum atomic E-state index is -7.19. The second-order valence-corrected chi connectivity index (χ2v) is 7.31. The van der Waals surface area contributed by atoms with Crippen LogP contribution in [0, 0.1) is 0 Å². The molecule has 19 heteroatoms. The van der Waals surface area contributed by atoms with Crippen LogP contribution in [0.1, 0.15) is 0 Å². The number of nitrogens with zero attached hydrogens (tertiary/aromatic N) is 1. The van der Waals surface area contributed by atoms with Gasteiger partial charge in [-0.3, -0.25) is 4.79 Å². The van der Waals surface area contributed by atoms with Crippen molar-refractivity contribution in [2.24, 2.45) is 0 Å². The number of halogens is 13. The van der Waals surface area contributed by atoms with Crippen LogP contribution in [0.25, 0.3) is 21.8 Å². The van der Waals surface area contributed by atoms with E-state index in [2.05, 4.69) is 9.72 Å². The van der Waals surface area contributed by atoms with Gasteiger partial charge in [0.05, 0.1) is 16.7 Å². The van der Waals surface area contributed by atoms with Gasteiger partial charge in [0.2, 0.25) is 0 Å². The lowest BCUT2D eigenvalue weighted by Crippen LogP contribution is -2.58. The third-order valence-corrected chi connectivity index (χ3v) is 4.52. The molecular weight excluding hydrogens is 579 g/mol. The molecular formula is C20H9F13N2O4. The highest BCUT2D eigenvalue weighted by molar-refractivity contribution is 6.13. The zero-order valence-electron chi connectivity index (χ0n) is 18.1. The van der Waals surface area contributed by atoms with Crippen molar-refractivity contribution >= 4 is 33.4 Å². The summed E-state index contributed by atoms with van der Waals surface area (Å²) in [5.41, 5.74) is -0.359. The van der Waals surface area contributed by atoms with E-state index < -0.39 is 48.5 Å². The van der Waals surface area contributed by atoms with Gasteiger partial charge in [-0.25, -0.2) is 19.2 Å². The molecule has 39 heavy (non-hydrogen) atoms. The molecule has 1 heterocycles. The highest BCUT2D eigenvalue weighted by Gasteiger charge is 2.74. The minimum Gasteiger partial charge on any atom is -0.317 e. The highest BCUT2D eigenvalue weighted by atomic mass is 19.4. The second-order valence-electron chi connectivity index (χ2n) is 7.31. The number of carbonyl (C=O) groups excluding carboxylic acids is 1. The number of aromatic nitrogens is 1. The van der Waals surface area contributed by atoms with Gasteiger partial charge in [0.15, 0.2) is 0 Å². The molecule has 0 bridgehead atoms. The highest BCUT2D eigenvalue weighted by Crippen LogP contribution is 2.48. The first-order chi connectivity index (χ1) is 17.6. The van der Waals surface area contributed by atoms with E-state index in [1.165, 1.54) is 53.8 Å². The Morgan fingerprint density at radius 1 is 0.590 bits per heavy atom. The number of para-hydroxylation sites is 2. The molecule has 0 aliphatic rings. The zero-order valence-corrected chi connectivity index (χ0v) is 18.1. The summed E-state index contributed by atoms with van der Waals surface area (Å²) in [5, 5.41) is 1.33. The standard InChI is InChI=1S/C20H9F13N2O4/c21-15(22,37-16(23,24)17(25,26)38-18(27,28)19(29,30)39-20(31,32)33)14(36)35-13-9-5-1-3-7-11(9)34-12-8-4-2-6-10(12)13/h1-8H,(H,34,35,36). The number of hydrogen-bond donors (Lipinski definition) is 1. The lowest BCUT2D eigenvalue weighted by atomic mass is 10.1. The van der Waals surface area contributed by atoms with Crippen LogP contribution >= 0.6 is 0 Å². The Bertz CT molecular complexity index is 1320. The maximum Gasteiger partial charge on any atom is 0.527 e. The lowest BCUT2D eigenvalue weighted by Gasteiger charge is -2.33. The molecule has 2 aromatic carbocycles. The van der Waals surface area contributed by atoms with Crippen LogP contribution in [0.5, 0.6) is 0 Å². The summed E-state index contributed by atoms with van der Waals surface area (Å²) in [6.07, 6.45) is -41.1. The minimum absolute atomic E-state index is 0.0627. The molecule has 3 rings (SSSR count). The van der Waals surface area contributed by atoms with Crippen molar-refractivity contribution in [1.82, 2.24) is 4.98 Å².